The van der Waals surface area contributed by atoms with Crippen LogP contribution in [0.4, 0.5) is 0 Å². The van der Waals surface area contributed by atoms with Gasteiger partial charge < -0.3 is 9.47 Å². The zero-order valence-corrected chi connectivity index (χ0v) is 12.6. The van der Waals surface area contributed by atoms with Crippen molar-refractivity contribution in [3.05, 3.63) is 23.8 Å². The van der Waals surface area contributed by atoms with Crippen LogP contribution in [0, 0.1) is 5.92 Å². The molecule has 4 nitrogen and oxygen atoms in total. The van der Waals surface area contributed by atoms with E-state index in [9.17, 15) is 9.59 Å². The van der Waals surface area contributed by atoms with E-state index in [0.29, 0.717) is 29.4 Å². The lowest BCUT2D eigenvalue weighted by molar-refractivity contribution is -0.135. The van der Waals surface area contributed by atoms with Crippen molar-refractivity contribution in [1.82, 2.24) is 0 Å². The standard InChI is InChI=1S/C16H22O4/c1-5-6-11(2)9-16(18)20-13-7-8-15(19-4)14(10-13)12(3)17/h7-8,10-11H,5-6,9H2,1-4H3. The molecule has 1 aromatic carbocycles. The predicted octanol–water partition coefficient (Wildman–Crippen LogP) is 3.63. The van der Waals surface area contributed by atoms with E-state index in [1.54, 1.807) is 18.2 Å². The predicted molar refractivity (Wildman–Crippen MR) is 77.3 cm³/mol. The van der Waals surface area contributed by atoms with Crippen molar-refractivity contribution in [2.75, 3.05) is 7.11 Å². The van der Waals surface area contributed by atoms with Gasteiger partial charge in [0.25, 0.3) is 0 Å². The second-order valence-corrected chi connectivity index (χ2v) is 4.99. The molecule has 4 heteroatoms. The first-order chi connectivity index (χ1) is 9.47. The third-order valence-corrected chi connectivity index (χ3v) is 3.08. The van der Waals surface area contributed by atoms with Gasteiger partial charge in [-0.3, -0.25) is 9.59 Å². The Bertz CT molecular complexity index is 479. The maximum absolute atomic E-state index is 11.8. The number of rotatable bonds is 7. The number of esters is 1. The highest BCUT2D eigenvalue weighted by Gasteiger charge is 2.14. The molecule has 0 N–H and O–H groups in total. The molecule has 0 aromatic heterocycles. The molecule has 1 rings (SSSR count). The summed E-state index contributed by atoms with van der Waals surface area (Å²) in [5.74, 6) is 0.768. The van der Waals surface area contributed by atoms with Gasteiger partial charge >= 0.3 is 5.97 Å². The van der Waals surface area contributed by atoms with Gasteiger partial charge in [-0.1, -0.05) is 26.7 Å². The van der Waals surface area contributed by atoms with Crippen LogP contribution in [0.2, 0.25) is 0 Å². The Labute approximate surface area is 120 Å². The van der Waals surface area contributed by atoms with E-state index in [1.165, 1.54) is 14.0 Å². The van der Waals surface area contributed by atoms with E-state index in [0.717, 1.165) is 12.8 Å². The number of carbonyl (C=O) groups is 2. The van der Waals surface area contributed by atoms with Crippen molar-refractivity contribution in [3.8, 4) is 11.5 Å². The Morgan fingerprint density at radius 2 is 2.00 bits per heavy atom. The van der Waals surface area contributed by atoms with Crippen molar-refractivity contribution in [2.24, 2.45) is 5.92 Å². The molecule has 0 spiro atoms. The van der Waals surface area contributed by atoms with Crippen LogP contribution in [0.5, 0.6) is 11.5 Å². The zero-order chi connectivity index (χ0) is 15.1. The first-order valence-corrected chi connectivity index (χ1v) is 6.87. The zero-order valence-electron chi connectivity index (χ0n) is 12.6. The first kappa shape index (κ1) is 16.2. The Morgan fingerprint density at radius 3 is 2.55 bits per heavy atom. The minimum Gasteiger partial charge on any atom is -0.496 e. The normalized spacial score (nSPS) is 11.8. The molecule has 110 valence electrons. The fraction of sp³-hybridized carbons (Fsp3) is 0.500. The third-order valence-electron chi connectivity index (χ3n) is 3.08. The molecule has 1 unspecified atom stereocenters. The highest BCUT2D eigenvalue weighted by atomic mass is 16.5. The summed E-state index contributed by atoms with van der Waals surface area (Å²) >= 11 is 0. The average molecular weight is 278 g/mol. The lowest BCUT2D eigenvalue weighted by Gasteiger charge is -2.11. The topological polar surface area (TPSA) is 52.6 Å². The van der Waals surface area contributed by atoms with Crippen LogP contribution >= 0.6 is 0 Å². The van der Waals surface area contributed by atoms with Crippen LogP contribution in [0.1, 0.15) is 50.4 Å². The molecule has 1 atom stereocenters. The molecular formula is C16H22O4. The van der Waals surface area contributed by atoms with Crippen molar-refractivity contribution in [2.45, 2.75) is 40.0 Å². The summed E-state index contributed by atoms with van der Waals surface area (Å²) in [4.78, 5) is 23.3. The lowest BCUT2D eigenvalue weighted by atomic mass is 10.0. The number of hydrogen-bond donors (Lipinski definition) is 0. The molecule has 0 saturated carbocycles. The van der Waals surface area contributed by atoms with Gasteiger partial charge in [-0.05, 0) is 31.0 Å². The Morgan fingerprint density at radius 1 is 1.30 bits per heavy atom. The third kappa shape index (κ3) is 4.68. The Balaban J connectivity index is 2.75. The molecule has 20 heavy (non-hydrogen) atoms. The molecule has 0 aliphatic carbocycles. The molecule has 0 amide bonds. The van der Waals surface area contributed by atoms with E-state index in [4.69, 9.17) is 9.47 Å². The second-order valence-electron chi connectivity index (χ2n) is 4.99. The maximum atomic E-state index is 11.8. The smallest absolute Gasteiger partial charge is 0.311 e. The number of methoxy groups -OCH3 is 1. The lowest BCUT2D eigenvalue weighted by Crippen LogP contribution is -2.12. The van der Waals surface area contributed by atoms with Crippen molar-refractivity contribution >= 4 is 11.8 Å². The van der Waals surface area contributed by atoms with Crippen molar-refractivity contribution in [1.29, 1.82) is 0 Å². The number of ketones is 1. The van der Waals surface area contributed by atoms with Crippen LogP contribution in [-0.2, 0) is 4.79 Å². The second kappa shape index (κ2) is 7.68. The molecule has 0 aliphatic heterocycles. The van der Waals surface area contributed by atoms with Crippen LogP contribution in [0.25, 0.3) is 0 Å². The van der Waals surface area contributed by atoms with Gasteiger partial charge in [-0.2, -0.15) is 0 Å². The van der Waals surface area contributed by atoms with Gasteiger partial charge in [0, 0.05) is 6.42 Å². The summed E-state index contributed by atoms with van der Waals surface area (Å²) in [5, 5.41) is 0. The van der Waals surface area contributed by atoms with Gasteiger partial charge in [0.2, 0.25) is 0 Å². The van der Waals surface area contributed by atoms with Gasteiger partial charge in [0.15, 0.2) is 5.78 Å². The van der Waals surface area contributed by atoms with Crippen molar-refractivity contribution in [3.63, 3.8) is 0 Å². The van der Waals surface area contributed by atoms with Crippen LogP contribution in [0.15, 0.2) is 18.2 Å². The molecule has 0 radical (unpaired) electrons. The minimum atomic E-state index is -0.273. The number of ether oxygens (including phenoxy) is 2. The fourth-order valence-electron chi connectivity index (χ4n) is 2.08. The summed E-state index contributed by atoms with van der Waals surface area (Å²) in [6.45, 7) is 5.57. The molecule has 0 heterocycles. The van der Waals surface area contributed by atoms with Crippen LogP contribution in [-0.4, -0.2) is 18.9 Å². The highest BCUT2D eigenvalue weighted by molar-refractivity contribution is 5.97. The summed E-state index contributed by atoms with van der Waals surface area (Å²) in [6, 6.07) is 4.81. The summed E-state index contributed by atoms with van der Waals surface area (Å²) in [7, 11) is 1.50. The largest absolute Gasteiger partial charge is 0.496 e. The van der Waals surface area contributed by atoms with E-state index in [-0.39, 0.29) is 11.8 Å². The fourth-order valence-corrected chi connectivity index (χ4v) is 2.08. The van der Waals surface area contributed by atoms with E-state index < -0.39 is 0 Å². The van der Waals surface area contributed by atoms with Gasteiger partial charge in [0.1, 0.15) is 11.5 Å². The molecule has 0 aliphatic rings. The summed E-state index contributed by atoms with van der Waals surface area (Å²) in [5.41, 5.74) is 0.416. The Kier molecular flexibility index (Phi) is 6.22. The Hall–Kier alpha value is -1.84. The maximum Gasteiger partial charge on any atom is 0.311 e. The van der Waals surface area contributed by atoms with E-state index in [2.05, 4.69) is 6.92 Å². The summed E-state index contributed by atoms with van der Waals surface area (Å²) < 4.78 is 10.4. The number of Topliss-reactive ketones (excluding diaryl/α,β-unsaturated/α-hetero) is 1. The number of carbonyl (C=O) groups excluding carboxylic acids is 2. The molecular weight excluding hydrogens is 256 g/mol. The van der Waals surface area contributed by atoms with Gasteiger partial charge in [-0.25, -0.2) is 0 Å². The quantitative estimate of drug-likeness (QED) is 0.434. The number of hydrogen-bond acceptors (Lipinski definition) is 4. The molecule has 0 saturated heterocycles. The van der Waals surface area contributed by atoms with E-state index in [1.807, 2.05) is 6.92 Å². The summed E-state index contributed by atoms with van der Waals surface area (Å²) in [6.07, 6.45) is 2.43. The highest BCUT2D eigenvalue weighted by Crippen LogP contribution is 2.25. The average Bonchev–Trinajstić information content (AvgIpc) is 2.38. The number of benzene rings is 1. The molecule has 1 aromatic rings. The van der Waals surface area contributed by atoms with E-state index >= 15 is 0 Å². The minimum absolute atomic E-state index is 0.126. The van der Waals surface area contributed by atoms with Gasteiger partial charge in [0.05, 0.1) is 12.7 Å². The molecule has 0 fully saturated rings. The van der Waals surface area contributed by atoms with Crippen LogP contribution < -0.4 is 9.47 Å². The molecule has 0 bridgehead atoms. The van der Waals surface area contributed by atoms with Crippen molar-refractivity contribution < 1.29 is 19.1 Å². The first-order valence-electron chi connectivity index (χ1n) is 6.87. The van der Waals surface area contributed by atoms with Gasteiger partial charge in [-0.15, -0.1) is 0 Å². The monoisotopic (exact) mass is 278 g/mol. The SMILES string of the molecule is CCCC(C)CC(=O)Oc1ccc(OC)c(C(C)=O)c1. The van der Waals surface area contributed by atoms with Crippen LogP contribution in [0.3, 0.4) is 0 Å².